The molecule has 1 saturated carbocycles. The second-order valence-electron chi connectivity index (χ2n) is 6.98. The molecule has 1 saturated heterocycles. The lowest BCUT2D eigenvalue weighted by Gasteiger charge is -2.25. The van der Waals surface area contributed by atoms with Crippen molar-refractivity contribution in [3.8, 4) is 5.75 Å². The zero-order chi connectivity index (χ0) is 19.1. The molecule has 3 N–H and O–H groups in total. The van der Waals surface area contributed by atoms with Gasteiger partial charge >= 0.3 is 0 Å². The number of methoxy groups -OCH3 is 1. The summed E-state index contributed by atoms with van der Waals surface area (Å²) in [6, 6.07) is 3.98. The SMILES string of the molecule is COc1ccc(S(N)(=O)=O)cc1C(=O)N(C)[C@H]1C[C@H]2CNC(=O)C[C@H]2C1. The average Bonchev–Trinajstić information content (AvgIpc) is 3.02. The lowest BCUT2D eigenvalue weighted by molar-refractivity contribution is -0.124. The van der Waals surface area contributed by atoms with Crippen LogP contribution in [0.2, 0.25) is 0 Å². The molecule has 1 heterocycles. The van der Waals surface area contributed by atoms with E-state index in [9.17, 15) is 18.0 Å². The van der Waals surface area contributed by atoms with Crippen molar-refractivity contribution in [2.45, 2.75) is 30.2 Å². The molecule has 0 unspecified atom stereocenters. The fourth-order valence-corrected chi connectivity index (χ4v) is 4.48. The summed E-state index contributed by atoms with van der Waals surface area (Å²) in [4.78, 5) is 26.0. The molecule has 3 atom stereocenters. The lowest BCUT2D eigenvalue weighted by Crippen LogP contribution is -2.38. The number of fused-ring (bicyclic) bond motifs is 1. The summed E-state index contributed by atoms with van der Waals surface area (Å²) in [7, 11) is -0.806. The second kappa shape index (κ2) is 6.88. The van der Waals surface area contributed by atoms with Gasteiger partial charge in [-0.05, 0) is 42.9 Å². The third-order valence-electron chi connectivity index (χ3n) is 5.42. The number of carbonyl (C=O) groups excluding carboxylic acids is 2. The molecule has 2 fully saturated rings. The van der Waals surface area contributed by atoms with Crippen LogP contribution in [0.15, 0.2) is 23.1 Å². The second-order valence-corrected chi connectivity index (χ2v) is 8.54. The van der Waals surface area contributed by atoms with Gasteiger partial charge in [-0.1, -0.05) is 0 Å². The lowest BCUT2D eigenvalue weighted by atomic mass is 9.89. The number of nitrogens with one attached hydrogen (secondary N) is 1. The minimum atomic E-state index is -3.92. The Hall–Kier alpha value is -2.13. The van der Waals surface area contributed by atoms with Gasteiger partial charge in [0.25, 0.3) is 5.91 Å². The summed E-state index contributed by atoms with van der Waals surface area (Å²) in [5, 5.41) is 8.05. The van der Waals surface area contributed by atoms with Crippen LogP contribution in [0.1, 0.15) is 29.6 Å². The molecular weight excluding hydrogens is 358 g/mol. The molecule has 3 rings (SSSR count). The van der Waals surface area contributed by atoms with Crippen molar-refractivity contribution in [3.05, 3.63) is 23.8 Å². The molecule has 0 aromatic heterocycles. The predicted molar refractivity (Wildman–Crippen MR) is 94.1 cm³/mol. The number of benzene rings is 1. The number of nitrogens with two attached hydrogens (primary N) is 1. The van der Waals surface area contributed by atoms with Crippen molar-refractivity contribution in [1.82, 2.24) is 10.2 Å². The van der Waals surface area contributed by atoms with E-state index in [1.807, 2.05) is 0 Å². The maximum atomic E-state index is 13.0. The molecule has 26 heavy (non-hydrogen) atoms. The summed E-state index contributed by atoms with van der Waals surface area (Å²) in [6.45, 7) is 0.645. The number of nitrogens with zero attached hydrogens (tertiary/aromatic N) is 1. The van der Waals surface area contributed by atoms with Crippen LogP contribution in [0.5, 0.6) is 5.75 Å². The minimum absolute atomic E-state index is 0.00644. The molecule has 142 valence electrons. The van der Waals surface area contributed by atoms with Crippen LogP contribution in [0.4, 0.5) is 0 Å². The largest absolute Gasteiger partial charge is 0.496 e. The Balaban J connectivity index is 1.83. The number of piperidine rings is 1. The van der Waals surface area contributed by atoms with Crippen molar-refractivity contribution >= 4 is 21.8 Å². The highest BCUT2D eigenvalue weighted by Crippen LogP contribution is 2.39. The molecule has 8 nitrogen and oxygen atoms in total. The molecule has 1 aromatic rings. The average molecular weight is 381 g/mol. The van der Waals surface area contributed by atoms with Gasteiger partial charge in [0.2, 0.25) is 15.9 Å². The summed E-state index contributed by atoms with van der Waals surface area (Å²) >= 11 is 0. The van der Waals surface area contributed by atoms with Gasteiger partial charge in [-0.2, -0.15) is 0 Å². The Bertz CT molecular complexity index is 839. The van der Waals surface area contributed by atoms with Gasteiger partial charge in [0, 0.05) is 26.1 Å². The van der Waals surface area contributed by atoms with Gasteiger partial charge in [0.1, 0.15) is 5.75 Å². The Morgan fingerprint density at radius 3 is 2.65 bits per heavy atom. The fraction of sp³-hybridized carbons (Fsp3) is 0.529. The number of ether oxygens (including phenoxy) is 1. The molecule has 9 heteroatoms. The number of rotatable bonds is 4. The van der Waals surface area contributed by atoms with Crippen molar-refractivity contribution in [1.29, 1.82) is 0 Å². The van der Waals surface area contributed by atoms with E-state index in [0.717, 1.165) is 12.8 Å². The number of sulfonamides is 1. The van der Waals surface area contributed by atoms with Crippen LogP contribution in [0, 0.1) is 11.8 Å². The van der Waals surface area contributed by atoms with E-state index in [4.69, 9.17) is 9.88 Å². The van der Waals surface area contributed by atoms with Gasteiger partial charge in [0.05, 0.1) is 17.6 Å². The molecule has 0 bridgehead atoms. The highest BCUT2D eigenvalue weighted by Gasteiger charge is 2.41. The number of primary sulfonamides is 1. The Morgan fingerprint density at radius 1 is 1.31 bits per heavy atom. The first-order chi connectivity index (χ1) is 12.2. The van der Waals surface area contributed by atoms with Crippen molar-refractivity contribution in [2.24, 2.45) is 17.0 Å². The summed E-state index contributed by atoms with van der Waals surface area (Å²) in [6.07, 6.45) is 2.06. The molecule has 0 radical (unpaired) electrons. The molecule has 1 aliphatic carbocycles. The van der Waals surface area contributed by atoms with Crippen LogP contribution < -0.4 is 15.2 Å². The number of amides is 2. The third kappa shape index (κ3) is 3.54. The van der Waals surface area contributed by atoms with E-state index < -0.39 is 10.0 Å². The van der Waals surface area contributed by atoms with Gasteiger partial charge in [0.15, 0.2) is 0 Å². The smallest absolute Gasteiger partial charge is 0.257 e. The van der Waals surface area contributed by atoms with E-state index >= 15 is 0 Å². The van der Waals surface area contributed by atoms with E-state index in [0.29, 0.717) is 24.6 Å². The molecule has 2 aliphatic rings. The Kier molecular flexibility index (Phi) is 4.94. The zero-order valence-corrected chi connectivity index (χ0v) is 15.6. The summed E-state index contributed by atoms with van der Waals surface area (Å²) in [5.41, 5.74) is 0.158. The van der Waals surface area contributed by atoms with Crippen LogP contribution in [0.3, 0.4) is 0 Å². The van der Waals surface area contributed by atoms with Gasteiger partial charge < -0.3 is 15.0 Å². The fourth-order valence-electron chi connectivity index (χ4n) is 3.94. The van der Waals surface area contributed by atoms with Crippen LogP contribution in [0.25, 0.3) is 0 Å². The standard InChI is InChI=1S/C17H23N3O5S/c1-20(12-5-10-7-16(21)19-9-11(10)6-12)17(22)14-8-13(26(18,23)24)3-4-15(14)25-2/h3-4,8,10-12H,5-7,9H2,1-2H3,(H,19,21)(H2,18,23,24)/t10-,11+,12-/m1/s1. The Labute approximate surface area is 152 Å². The quantitative estimate of drug-likeness (QED) is 0.779. The first kappa shape index (κ1) is 18.7. The third-order valence-corrected chi connectivity index (χ3v) is 6.33. The summed E-state index contributed by atoms with van der Waals surface area (Å²) < 4.78 is 28.4. The highest BCUT2D eigenvalue weighted by atomic mass is 32.2. The van der Waals surface area contributed by atoms with Crippen molar-refractivity contribution in [3.63, 3.8) is 0 Å². The first-order valence-electron chi connectivity index (χ1n) is 8.45. The highest BCUT2D eigenvalue weighted by molar-refractivity contribution is 7.89. The molecule has 2 amide bonds. The van der Waals surface area contributed by atoms with Crippen molar-refractivity contribution in [2.75, 3.05) is 20.7 Å². The minimum Gasteiger partial charge on any atom is -0.496 e. The molecule has 1 aromatic carbocycles. The van der Waals surface area contributed by atoms with E-state index in [2.05, 4.69) is 5.32 Å². The normalized spacial score (nSPS) is 25.3. The zero-order valence-electron chi connectivity index (χ0n) is 14.8. The number of hydrogen-bond acceptors (Lipinski definition) is 5. The van der Waals surface area contributed by atoms with E-state index in [1.165, 1.54) is 25.3 Å². The molecule has 1 aliphatic heterocycles. The maximum Gasteiger partial charge on any atom is 0.257 e. The monoisotopic (exact) mass is 381 g/mol. The van der Waals surface area contributed by atoms with Crippen LogP contribution in [-0.2, 0) is 14.8 Å². The number of hydrogen-bond donors (Lipinski definition) is 2. The van der Waals surface area contributed by atoms with Crippen LogP contribution >= 0.6 is 0 Å². The van der Waals surface area contributed by atoms with E-state index in [-0.39, 0.29) is 34.2 Å². The van der Waals surface area contributed by atoms with Gasteiger partial charge in [-0.25, -0.2) is 13.6 Å². The van der Waals surface area contributed by atoms with Gasteiger partial charge in [-0.15, -0.1) is 0 Å². The van der Waals surface area contributed by atoms with Crippen molar-refractivity contribution < 1.29 is 22.7 Å². The topological polar surface area (TPSA) is 119 Å². The predicted octanol–water partition coefficient (Wildman–Crippen LogP) is 0.329. The first-order valence-corrected chi connectivity index (χ1v) is 10.00. The number of carbonyl (C=O) groups is 2. The van der Waals surface area contributed by atoms with E-state index in [1.54, 1.807) is 11.9 Å². The van der Waals surface area contributed by atoms with Gasteiger partial charge in [-0.3, -0.25) is 9.59 Å². The van der Waals surface area contributed by atoms with Crippen LogP contribution in [-0.4, -0.2) is 51.9 Å². The Morgan fingerprint density at radius 2 is 2.00 bits per heavy atom. The molecular formula is C17H23N3O5S. The maximum absolute atomic E-state index is 13.0. The summed E-state index contributed by atoms with van der Waals surface area (Å²) in [5.74, 6) is 0.674. The molecule has 0 spiro atoms.